The Morgan fingerprint density at radius 3 is 2.94 bits per heavy atom. The van der Waals surface area contributed by atoms with Crippen LogP contribution in [0, 0.1) is 0 Å². The molecule has 0 amide bonds. The molecule has 0 saturated heterocycles. The van der Waals surface area contributed by atoms with Crippen molar-refractivity contribution in [2.75, 3.05) is 26.3 Å². The molecule has 0 unspecified atom stereocenters. The van der Waals surface area contributed by atoms with Crippen LogP contribution in [-0.4, -0.2) is 35.9 Å². The van der Waals surface area contributed by atoms with Gasteiger partial charge in [-0.1, -0.05) is 11.6 Å². The van der Waals surface area contributed by atoms with E-state index in [1.807, 2.05) is 6.92 Å². The number of rotatable bonds is 7. The first kappa shape index (κ1) is 14.0. The van der Waals surface area contributed by atoms with Crippen molar-refractivity contribution in [2.24, 2.45) is 0 Å². The largest absolute Gasteiger partial charge is 0.380 e. The molecule has 0 bridgehead atoms. The van der Waals surface area contributed by atoms with E-state index < -0.39 is 11.2 Å². The number of aromatic nitrogens is 2. The number of H-pyrrole nitrogens is 1. The summed E-state index contributed by atoms with van der Waals surface area (Å²) >= 11 is 5.62. The van der Waals surface area contributed by atoms with E-state index in [1.54, 1.807) is 0 Å². The lowest BCUT2D eigenvalue weighted by molar-refractivity contribution is 0.149. The molecule has 96 valence electrons. The predicted molar refractivity (Wildman–Crippen MR) is 65.7 cm³/mol. The van der Waals surface area contributed by atoms with Crippen LogP contribution in [0.25, 0.3) is 0 Å². The fourth-order valence-corrected chi connectivity index (χ4v) is 1.43. The van der Waals surface area contributed by atoms with Gasteiger partial charge in [0.25, 0.3) is 5.56 Å². The third-order valence-corrected chi connectivity index (χ3v) is 2.39. The summed E-state index contributed by atoms with van der Waals surface area (Å²) in [7, 11) is 0. The minimum Gasteiger partial charge on any atom is -0.380 e. The van der Waals surface area contributed by atoms with Crippen molar-refractivity contribution in [3.63, 3.8) is 0 Å². The summed E-state index contributed by atoms with van der Waals surface area (Å²) in [5.41, 5.74) is -1.01. The number of ether oxygens (including phenoxy) is 1. The van der Waals surface area contributed by atoms with Crippen molar-refractivity contribution in [1.82, 2.24) is 14.9 Å². The van der Waals surface area contributed by atoms with Crippen LogP contribution in [0.4, 0.5) is 0 Å². The number of aromatic amines is 1. The standard InChI is InChI=1S/C10H16ClN3O3/c1-2-17-6-4-12-3-5-14-7-8(11)9(15)13-10(14)16/h7,12H,2-6H2,1H3,(H,13,15,16). The highest BCUT2D eigenvalue weighted by molar-refractivity contribution is 6.30. The Morgan fingerprint density at radius 2 is 2.24 bits per heavy atom. The molecule has 0 aliphatic heterocycles. The Hall–Kier alpha value is -1.11. The van der Waals surface area contributed by atoms with Crippen LogP contribution < -0.4 is 16.6 Å². The monoisotopic (exact) mass is 261 g/mol. The van der Waals surface area contributed by atoms with Gasteiger partial charge in [-0.2, -0.15) is 0 Å². The predicted octanol–water partition coefficient (Wildman–Crippen LogP) is -0.184. The Morgan fingerprint density at radius 1 is 1.47 bits per heavy atom. The van der Waals surface area contributed by atoms with Crippen LogP contribution in [-0.2, 0) is 11.3 Å². The number of nitrogens with zero attached hydrogens (tertiary/aromatic N) is 1. The maximum Gasteiger partial charge on any atom is 0.328 e. The number of nitrogens with one attached hydrogen (secondary N) is 2. The quantitative estimate of drug-likeness (QED) is 0.668. The van der Waals surface area contributed by atoms with Crippen molar-refractivity contribution in [3.05, 3.63) is 32.1 Å². The highest BCUT2D eigenvalue weighted by atomic mass is 35.5. The summed E-state index contributed by atoms with van der Waals surface area (Å²) in [6.07, 6.45) is 1.34. The van der Waals surface area contributed by atoms with Crippen molar-refractivity contribution < 1.29 is 4.74 Å². The zero-order valence-electron chi connectivity index (χ0n) is 9.66. The van der Waals surface area contributed by atoms with Crippen molar-refractivity contribution in [2.45, 2.75) is 13.5 Å². The summed E-state index contributed by atoms with van der Waals surface area (Å²) in [5, 5.41) is 3.12. The SMILES string of the molecule is CCOCCNCCn1cc(Cl)c(=O)[nH]c1=O. The van der Waals surface area contributed by atoms with Crippen molar-refractivity contribution in [1.29, 1.82) is 0 Å². The fraction of sp³-hybridized carbons (Fsp3) is 0.600. The molecular formula is C10H16ClN3O3. The zero-order chi connectivity index (χ0) is 12.7. The van der Waals surface area contributed by atoms with Crippen LogP contribution >= 0.6 is 11.6 Å². The maximum absolute atomic E-state index is 11.4. The van der Waals surface area contributed by atoms with E-state index in [-0.39, 0.29) is 5.02 Å². The summed E-state index contributed by atoms with van der Waals surface area (Å²) < 4.78 is 6.50. The minimum atomic E-state index is -0.558. The topological polar surface area (TPSA) is 76.1 Å². The van der Waals surface area contributed by atoms with Gasteiger partial charge in [-0.3, -0.25) is 14.3 Å². The molecule has 2 N–H and O–H groups in total. The first-order valence-corrected chi connectivity index (χ1v) is 5.80. The second kappa shape index (κ2) is 7.26. The summed E-state index contributed by atoms with van der Waals surface area (Å²) in [6, 6.07) is 0. The number of hydrogen-bond acceptors (Lipinski definition) is 4. The molecule has 6 nitrogen and oxygen atoms in total. The lowest BCUT2D eigenvalue weighted by atomic mass is 10.5. The van der Waals surface area contributed by atoms with E-state index in [4.69, 9.17) is 16.3 Å². The third-order valence-electron chi connectivity index (χ3n) is 2.12. The molecule has 0 aromatic carbocycles. The van der Waals surface area contributed by atoms with E-state index in [1.165, 1.54) is 10.8 Å². The van der Waals surface area contributed by atoms with Crippen molar-refractivity contribution >= 4 is 11.6 Å². The molecule has 0 spiro atoms. The van der Waals surface area contributed by atoms with Gasteiger partial charge in [0.15, 0.2) is 0 Å². The summed E-state index contributed by atoms with van der Waals surface area (Å²) in [6.45, 7) is 5.03. The van der Waals surface area contributed by atoms with Gasteiger partial charge in [-0.05, 0) is 6.92 Å². The van der Waals surface area contributed by atoms with Crippen LogP contribution in [0.15, 0.2) is 15.8 Å². The smallest absolute Gasteiger partial charge is 0.328 e. The van der Waals surface area contributed by atoms with Gasteiger partial charge in [0.1, 0.15) is 5.02 Å². The van der Waals surface area contributed by atoms with Gasteiger partial charge in [0.2, 0.25) is 0 Å². The summed E-state index contributed by atoms with van der Waals surface area (Å²) in [5.74, 6) is 0. The van der Waals surface area contributed by atoms with E-state index in [2.05, 4.69) is 10.3 Å². The maximum atomic E-state index is 11.4. The average molecular weight is 262 g/mol. The molecule has 0 aliphatic rings. The Kier molecular flexibility index (Phi) is 5.96. The highest BCUT2D eigenvalue weighted by Gasteiger charge is 2.01. The van der Waals surface area contributed by atoms with E-state index in [9.17, 15) is 9.59 Å². The van der Waals surface area contributed by atoms with Gasteiger partial charge in [0.05, 0.1) is 6.61 Å². The van der Waals surface area contributed by atoms with Crippen molar-refractivity contribution in [3.8, 4) is 0 Å². The first-order valence-electron chi connectivity index (χ1n) is 5.43. The lowest BCUT2D eigenvalue weighted by Gasteiger charge is -2.07. The molecule has 0 radical (unpaired) electrons. The molecule has 0 saturated carbocycles. The van der Waals surface area contributed by atoms with E-state index in [0.29, 0.717) is 26.3 Å². The first-order chi connectivity index (χ1) is 8.15. The Balaban J connectivity index is 2.39. The second-order valence-corrected chi connectivity index (χ2v) is 3.78. The average Bonchev–Trinajstić information content (AvgIpc) is 2.30. The molecule has 17 heavy (non-hydrogen) atoms. The van der Waals surface area contributed by atoms with E-state index in [0.717, 1.165) is 6.54 Å². The molecule has 0 fully saturated rings. The molecule has 1 aromatic heterocycles. The molecular weight excluding hydrogens is 246 g/mol. The molecule has 0 aliphatic carbocycles. The number of halogens is 1. The Bertz CT molecular complexity index is 455. The van der Waals surface area contributed by atoms with Gasteiger partial charge in [-0.25, -0.2) is 4.79 Å². The van der Waals surface area contributed by atoms with Gasteiger partial charge in [-0.15, -0.1) is 0 Å². The lowest BCUT2D eigenvalue weighted by Crippen LogP contribution is -2.33. The van der Waals surface area contributed by atoms with Crippen LogP contribution in [0.3, 0.4) is 0 Å². The second-order valence-electron chi connectivity index (χ2n) is 3.38. The number of hydrogen-bond donors (Lipinski definition) is 2. The van der Waals surface area contributed by atoms with E-state index >= 15 is 0 Å². The summed E-state index contributed by atoms with van der Waals surface area (Å²) in [4.78, 5) is 24.5. The Labute approximate surface area is 104 Å². The van der Waals surface area contributed by atoms with Gasteiger partial charge in [0, 0.05) is 32.4 Å². The molecule has 0 atom stereocenters. The molecule has 1 heterocycles. The highest BCUT2D eigenvalue weighted by Crippen LogP contribution is 1.94. The molecule has 1 rings (SSSR count). The van der Waals surface area contributed by atoms with Gasteiger partial charge < -0.3 is 10.1 Å². The van der Waals surface area contributed by atoms with Crippen LogP contribution in [0.1, 0.15) is 6.92 Å². The zero-order valence-corrected chi connectivity index (χ0v) is 10.4. The van der Waals surface area contributed by atoms with Crippen LogP contribution in [0.5, 0.6) is 0 Å². The third kappa shape index (κ3) is 4.72. The van der Waals surface area contributed by atoms with Gasteiger partial charge >= 0.3 is 5.69 Å². The van der Waals surface area contributed by atoms with Crippen LogP contribution in [0.2, 0.25) is 5.02 Å². The normalized spacial score (nSPS) is 10.7. The minimum absolute atomic E-state index is 0.0129. The fourth-order valence-electron chi connectivity index (χ4n) is 1.26. The molecule has 7 heteroatoms. The molecule has 1 aromatic rings.